The molecule has 1 heterocycles. The number of hydrogen-bond acceptors (Lipinski definition) is 6. The number of ether oxygens (including phenoxy) is 2. The summed E-state index contributed by atoms with van der Waals surface area (Å²) in [5.74, 6) is 0.355. The van der Waals surface area contributed by atoms with Crippen molar-refractivity contribution in [1.29, 1.82) is 0 Å². The molecule has 0 amide bonds. The zero-order chi connectivity index (χ0) is 27.7. The van der Waals surface area contributed by atoms with Crippen LogP contribution in [0.2, 0.25) is 0 Å². The Morgan fingerprint density at radius 2 is 1.82 bits per heavy atom. The van der Waals surface area contributed by atoms with E-state index in [1.165, 1.54) is 0 Å². The Morgan fingerprint density at radius 1 is 1.10 bits per heavy atom. The van der Waals surface area contributed by atoms with Gasteiger partial charge in [0.05, 0.1) is 18.1 Å². The molecular weight excluding hydrogens is 490 g/mol. The first-order valence-corrected chi connectivity index (χ1v) is 13.5. The van der Waals surface area contributed by atoms with Crippen molar-refractivity contribution < 1.29 is 24.2 Å². The summed E-state index contributed by atoms with van der Waals surface area (Å²) >= 11 is 0. The van der Waals surface area contributed by atoms with Crippen LogP contribution in [0.3, 0.4) is 0 Å². The van der Waals surface area contributed by atoms with Gasteiger partial charge in [0.1, 0.15) is 17.6 Å². The number of para-hydroxylation sites is 1. The Labute approximate surface area is 229 Å². The van der Waals surface area contributed by atoms with Gasteiger partial charge in [0.2, 0.25) is 0 Å². The molecule has 0 fully saturated rings. The average molecular weight is 526 g/mol. The molecular formula is C33H35NO5. The number of carbonyl (C=O) groups excluding carboxylic acids is 2. The van der Waals surface area contributed by atoms with E-state index < -0.39 is 17.5 Å². The van der Waals surface area contributed by atoms with Crippen molar-refractivity contribution in [1.82, 2.24) is 5.32 Å². The second-order valence-corrected chi connectivity index (χ2v) is 10.7. The standard InChI is InChI=1S/C33H35NO5/c1-20-30(32(37)39-21(2)22-11-6-5-7-12-22)33(3,24-13-10-14-25(35)19-24)31-27(34-20)17-23(18-28(31)36)26-15-8-9-16-29(26)38-4/h5-9,11-12,14-16,19,21,23,34-35H,10,13,17-18H2,1-4H3/t21?,23?,33-/m0/s1. The van der Waals surface area contributed by atoms with E-state index in [1.807, 2.05) is 75.4 Å². The molecule has 3 atom stereocenters. The SMILES string of the molecule is COc1ccccc1C1CC(=O)C2=C(C1)NC(C)=C(C(=O)OC(C)c1ccccc1)[C@]2(C)C1=CC(O)=CCC1. The van der Waals surface area contributed by atoms with E-state index in [0.717, 1.165) is 28.1 Å². The number of ketones is 1. The van der Waals surface area contributed by atoms with Gasteiger partial charge in [-0.05, 0) is 69.4 Å². The molecule has 6 heteroatoms. The second kappa shape index (κ2) is 10.6. The number of allylic oxidation sites excluding steroid dienone is 6. The van der Waals surface area contributed by atoms with Crippen LogP contribution in [0.25, 0.3) is 0 Å². The number of benzene rings is 2. The predicted molar refractivity (Wildman–Crippen MR) is 150 cm³/mol. The molecule has 2 aromatic rings. The minimum absolute atomic E-state index is 0.0222. The van der Waals surface area contributed by atoms with Crippen LogP contribution in [0, 0.1) is 5.41 Å². The topological polar surface area (TPSA) is 84.9 Å². The number of dihydropyridines is 1. The fourth-order valence-corrected chi connectivity index (χ4v) is 6.39. The van der Waals surface area contributed by atoms with Crippen LogP contribution in [0.4, 0.5) is 0 Å². The van der Waals surface area contributed by atoms with Crippen molar-refractivity contribution in [2.24, 2.45) is 5.41 Å². The normalized spacial score (nSPS) is 23.8. The lowest BCUT2D eigenvalue weighted by atomic mass is 9.61. The van der Waals surface area contributed by atoms with Crippen LogP contribution in [-0.4, -0.2) is 24.0 Å². The predicted octanol–water partition coefficient (Wildman–Crippen LogP) is 6.75. The quantitative estimate of drug-likeness (QED) is 0.406. The maximum Gasteiger partial charge on any atom is 0.337 e. The van der Waals surface area contributed by atoms with E-state index in [9.17, 15) is 14.7 Å². The van der Waals surface area contributed by atoms with Gasteiger partial charge in [-0.1, -0.05) is 54.1 Å². The average Bonchev–Trinajstić information content (AvgIpc) is 2.93. The second-order valence-electron chi connectivity index (χ2n) is 10.7. The number of esters is 1. The van der Waals surface area contributed by atoms with Crippen LogP contribution in [-0.2, 0) is 14.3 Å². The maximum absolute atomic E-state index is 14.1. The molecule has 0 aromatic heterocycles. The van der Waals surface area contributed by atoms with Gasteiger partial charge in [-0.25, -0.2) is 4.79 Å². The lowest BCUT2D eigenvalue weighted by Gasteiger charge is -2.45. The van der Waals surface area contributed by atoms with Gasteiger partial charge in [0.15, 0.2) is 5.78 Å². The fraction of sp³-hybridized carbons (Fsp3) is 0.333. The van der Waals surface area contributed by atoms with E-state index in [-0.39, 0.29) is 17.5 Å². The highest BCUT2D eigenvalue weighted by atomic mass is 16.5. The molecule has 6 nitrogen and oxygen atoms in total. The molecule has 1 aliphatic heterocycles. The van der Waals surface area contributed by atoms with Crippen molar-refractivity contribution >= 4 is 11.8 Å². The van der Waals surface area contributed by atoms with Gasteiger partial charge in [-0.2, -0.15) is 0 Å². The molecule has 0 saturated heterocycles. The van der Waals surface area contributed by atoms with Gasteiger partial charge in [-0.3, -0.25) is 4.79 Å². The zero-order valence-electron chi connectivity index (χ0n) is 22.9. The van der Waals surface area contributed by atoms with Crippen LogP contribution >= 0.6 is 0 Å². The van der Waals surface area contributed by atoms with Crippen LogP contribution in [0.15, 0.2) is 101 Å². The first-order chi connectivity index (χ1) is 18.7. The van der Waals surface area contributed by atoms with Crippen molar-refractivity contribution in [2.45, 2.75) is 58.5 Å². The summed E-state index contributed by atoms with van der Waals surface area (Å²) < 4.78 is 11.6. The number of Topliss-reactive ketones (excluding diaryl/α,β-unsaturated/α-hetero) is 1. The molecule has 0 saturated carbocycles. The Kier molecular flexibility index (Phi) is 7.21. The summed E-state index contributed by atoms with van der Waals surface area (Å²) in [6.45, 7) is 5.64. The summed E-state index contributed by atoms with van der Waals surface area (Å²) in [4.78, 5) is 28.0. The lowest BCUT2D eigenvalue weighted by molar-refractivity contribution is -0.145. The van der Waals surface area contributed by atoms with Gasteiger partial charge < -0.3 is 19.9 Å². The Bertz CT molecular complexity index is 1430. The molecule has 2 unspecified atom stereocenters. The Balaban J connectivity index is 1.58. The smallest absolute Gasteiger partial charge is 0.337 e. The summed E-state index contributed by atoms with van der Waals surface area (Å²) in [6.07, 6.45) is 5.15. The Morgan fingerprint density at radius 3 is 2.54 bits per heavy atom. The summed E-state index contributed by atoms with van der Waals surface area (Å²) in [7, 11) is 1.64. The number of carbonyl (C=O) groups is 2. The molecule has 0 spiro atoms. The summed E-state index contributed by atoms with van der Waals surface area (Å²) in [5.41, 5.74) is 4.13. The van der Waals surface area contributed by atoms with Crippen molar-refractivity contribution in [2.75, 3.05) is 7.11 Å². The van der Waals surface area contributed by atoms with E-state index >= 15 is 0 Å². The van der Waals surface area contributed by atoms with E-state index in [0.29, 0.717) is 42.5 Å². The zero-order valence-corrected chi connectivity index (χ0v) is 22.9. The Hall–Kier alpha value is -4.06. The number of hydrogen-bond donors (Lipinski definition) is 2. The molecule has 2 N–H and O–H groups in total. The third-order valence-electron chi connectivity index (χ3n) is 8.24. The molecule has 0 radical (unpaired) electrons. The number of aliphatic hydroxyl groups excluding tert-OH is 1. The first kappa shape index (κ1) is 26.5. The van der Waals surface area contributed by atoms with Crippen LogP contribution < -0.4 is 10.1 Å². The minimum atomic E-state index is -1.04. The highest BCUT2D eigenvalue weighted by Gasteiger charge is 2.51. The molecule has 202 valence electrons. The largest absolute Gasteiger partial charge is 0.508 e. The van der Waals surface area contributed by atoms with Gasteiger partial charge >= 0.3 is 5.97 Å². The summed E-state index contributed by atoms with van der Waals surface area (Å²) in [5, 5.41) is 13.9. The van der Waals surface area contributed by atoms with E-state index in [2.05, 4.69) is 5.32 Å². The minimum Gasteiger partial charge on any atom is -0.508 e. The monoisotopic (exact) mass is 525 g/mol. The third-order valence-corrected chi connectivity index (χ3v) is 8.24. The van der Waals surface area contributed by atoms with Gasteiger partial charge in [0.25, 0.3) is 0 Å². The number of aliphatic hydroxyl groups is 1. The van der Waals surface area contributed by atoms with Crippen LogP contribution in [0.1, 0.15) is 69.6 Å². The summed E-state index contributed by atoms with van der Waals surface area (Å²) in [6, 6.07) is 17.4. The van der Waals surface area contributed by atoms with E-state index in [1.54, 1.807) is 19.3 Å². The maximum atomic E-state index is 14.1. The van der Waals surface area contributed by atoms with Crippen molar-refractivity contribution in [3.63, 3.8) is 0 Å². The molecule has 39 heavy (non-hydrogen) atoms. The van der Waals surface area contributed by atoms with Crippen molar-refractivity contribution in [3.05, 3.63) is 112 Å². The van der Waals surface area contributed by atoms with E-state index in [4.69, 9.17) is 9.47 Å². The molecule has 3 aliphatic rings. The molecule has 5 rings (SSSR count). The first-order valence-electron chi connectivity index (χ1n) is 13.5. The number of nitrogens with one attached hydrogen (secondary N) is 1. The van der Waals surface area contributed by atoms with Crippen molar-refractivity contribution in [3.8, 4) is 5.75 Å². The fourth-order valence-electron chi connectivity index (χ4n) is 6.39. The number of rotatable bonds is 6. The molecule has 0 bridgehead atoms. The highest BCUT2D eigenvalue weighted by Crippen LogP contribution is 2.54. The lowest BCUT2D eigenvalue weighted by Crippen LogP contribution is -2.44. The van der Waals surface area contributed by atoms with Crippen LogP contribution in [0.5, 0.6) is 5.75 Å². The number of methoxy groups -OCH3 is 1. The molecule has 2 aromatic carbocycles. The van der Waals surface area contributed by atoms with Gasteiger partial charge in [0, 0.05) is 29.3 Å². The third kappa shape index (κ3) is 4.80. The highest BCUT2D eigenvalue weighted by molar-refractivity contribution is 6.05. The molecule has 2 aliphatic carbocycles. The van der Waals surface area contributed by atoms with Gasteiger partial charge in [-0.15, -0.1) is 0 Å².